The Bertz CT molecular complexity index is 1320. The van der Waals surface area contributed by atoms with Crippen LogP contribution in [-0.2, 0) is 16.2 Å². The van der Waals surface area contributed by atoms with Crippen LogP contribution >= 0.6 is 23.2 Å². The van der Waals surface area contributed by atoms with Crippen molar-refractivity contribution in [2.45, 2.75) is 18.0 Å². The highest BCUT2D eigenvalue weighted by Crippen LogP contribution is 2.37. The van der Waals surface area contributed by atoms with Crippen LogP contribution in [0.2, 0.25) is 10.0 Å². The van der Waals surface area contributed by atoms with Gasteiger partial charge in [-0.3, -0.25) is 0 Å². The van der Waals surface area contributed by atoms with Crippen molar-refractivity contribution in [1.29, 1.82) is 5.26 Å². The van der Waals surface area contributed by atoms with Gasteiger partial charge in [-0.15, -0.1) is 0 Å². The molecule has 0 amide bonds. The number of nitrogens with zero attached hydrogens (tertiary/aromatic N) is 4. The molecule has 0 radical (unpaired) electrons. The zero-order chi connectivity index (χ0) is 23.7. The van der Waals surface area contributed by atoms with Crippen molar-refractivity contribution in [2.75, 3.05) is 0 Å². The minimum absolute atomic E-state index is 0.0141. The van der Waals surface area contributed by atoms with Crippen molar-refractivity contribution >= 4 is 39.4 Å². The molecule has 3 rings (SSSR count). The predicted octanol–water partition coefficient (Wildman–Crippen LogP) is 4.69. The Labute approximate surface area is 190 Å². The molecule has 1 aromatic heterocycles. The Morgan fingerprint density at radius 1 is 1.19 bits per heavy atom. The van der Waals surface area contributed by atoms with Gasteiger partial charge in [-0.2, -0.15) is 37.1 Å². The lowest BCUT2D eigenvalue weighted by molar-refractivity contribution is -0.137. The topological polar surface area (TPSA) is 100 Å². The molecule has 0 aliphatic carbocycles. The minimum Gasteiger partial charge on any atom is -0.236 e. The number of aromatic nitrogens is 2. The third-order valence-corrected chi connectivity index (χ3v) is 5.94. The molecule has 0 saturated heterocycles. The van der Waals surface area contributed by atoms with Crippen LogP contribution in [0, 0.1) is 18.3 Å². The molecule has 0 aliphatic heterocycles. The number of aryl methyl sites for hydroxylation is 1. The molecule has 1 N–H and O–H groups in total. The van der Waals surface area contributed by atoms with Gasteiger partial charge in [0.15, 0.2) is 5.69 Å². The molecule has 0 spiro atoms. The van der Waals surface area contributed by atoms with Gasteiger partial charge in [-0.25, -0.2) is 9.51 Å². The van der Waals surface area contributed by atoms with Crippen LogP contribution in [0.4, 0.5) is 13.2 Å². The monoisotopic (exact) mass is 501 g/mol. The molecule has 0 saturated carbocycles. The number of benzene rings is 2. The lowest BCUT2D eigenvalue weighted by Crippen LogP contribution is -2.18. The summed E-state index contributed by atoms with van der Waals surface area (Å²) in [6, 6.07) is 9.18. The summed E-state index contributed by atoms with van der Waals surface area (Å²) in [5, 5.41) is 16.2. The predicted molar refractivity (Wildman–Crippen MR) is 112 cm³/mol. The minimum atomic E-state index is -4.65. The van der Waals surface area contributed by atoms with Gasteiger partial charge in [0.2, 0.25) is 0 Å². The standard InChI is InChI=1S/C19H12Cl2F3N5O2S/c1-11-2-4-14(5-3-11)32(30,31)28-26-9-12-10-29(27-17(12)8-25)18-15(20)6-13(7-16(18)21)19(22,23)24/h2-7,9-10,28H,1H3. The molecule has 1 heterocycles. The van der Waals surface area contributed by atoms with Crippen molar-refractivity contribution in [2.24, 2.45) is 5.10 Å². The van der Waals surface area contributed by atoms with Gasteiger partial charge in [-0.05, 0) is 31.2 Å². The van der Waals surface area contributed by atoms with E-state index in [1.54, 1.807) is 25.1 Å². The molecule has 166 valence electrons. The second kappa shape index (κ2) is 8.82. The van der Waals surface area contributed by atoms with E-state index in [1.165, 1.54) is 18.3 Å². The van der Waals surface area contributed by atoms with E-state index in [0.29, 0.717) is 12.1 Å². The van der Waals surface area contributed by atoms with Crippen molar-refractivity contribution in [3.8, 4) is 11.8 Å². The Morgan fingerprint density at radius 2 is 1.78 bits per heavy atom. The van der Waals surface area contributed by atoms with E-state index in [4.69, 9.17) is 23.2 Å². The maximum atomic E-state index is 12.9. The van der Waals surface area contributed by atoms with Crippen LogP contribution in [-0.4, -0.2) is 24.4 Å². The molecule has 0 unspecified atom stereocenters. The summed E-state index contributed by atoms with van der Waals surface area (Å²) in [7, 11) is -3.95. The summed E-state index contributed by atoms with van der Waals surface area (Å²) in [6.45, 7) is 1.80. The van der Waals surface area contributed by atoms with E-state index >= 15 is 0 Å². The summed E-state index contributed by atoms with van der Waals surface area (Å²) in [5.74, 6) is 0. The number of hydrogen-bond acceptors (Lipinski definition) is 5. The SMILES string of the molecule is Cc1ccc(S(=O)(=O)NN=Cc2cn(-c3c(Cl)cc(C(F)(F)F)cc3Cl)nc2C#N)cc1. The Morgan fingerprint density at radius 3 is 2.31 bits per heavy atom. The van der Waals surface area contributed by atoms with Crippen LogP contribution in [0.5, 0.6) is 0 Å². The van der Waals surface area contributed by atoms with Gasteiger partial charge in [0.1, 0.15) is 11.8 Å². The number of nitriles is 1. The Kier molecular flexibility index (Phi) is 6.50. The average molecular weight is 502 g/mol. The van der Waals surface area contributed by atoms with Crippen LogP contribution in [0.15, 0.2) is 52.6 Å². The second-order valence-corrected chi connectivity index (χ2v) is 8.92. The van der Waals surface area contributed by atoms with Gasteiger partial charge < -0.3 is 0 Å². The highest BCUT2D eigenvalue weighted by Gasteiger charge is 2.32. The van der Waals surface area contributed by atoms with Crippen molar-refractivity contribution < 1.29 is 21.6 Å². The molecule has 0 atom stereocenters. The van der Waals surface area contributed by atoms with Crippen LogP contribution in [0.25, 0.3) is 5.69 Å². The van der Waals surface area contributed by atoms with Crippen molar-refractivity contribution in [1.82, 2.24) is 14.6 Å². The molecule has 13 heteroatoms. The normalized spacial score (nSPS) is 12.2. The molecule has 3 aromatic rings. The van der Waals surface area contributed by atoms with Crippen LogP contribution in [0.1, 0.15) is 22.4 Å². The van der Waals surface area contributed by atoms with Crippen LogP contribution < -0.4 is 4.83 Å². The first kappa shape index (κ1) is 23.6. The maximum absolute atomic E-state index is 12.9. The third-order valence-electron chi connectivity index (χ3n) is 4.13. The summed E-state index contributed by atoms with van der Waals surface area (Å²) in [5.41, 5.74) is -0.366. The number of nitrogens with one attached hydrogen (secondary N) is 1. The fraction of sp³-hybridized carbons (Fsp3) is 0.105. The van der Waals surface area contributed by atoms with E-state index in [9.17, 15) is 26.9 Å². The molecular weight excluding hydrogens is 490 g/mol. The van der Waals surface area contributed by atoms with E-state index in [1.807, 2.05) is 4.83 Å². The molecule has 7 nitrogen and oxygen atoms in total. The fourth-order valence-electron chi connectivity index (χ4n) is 2.57. The number of sulfonamides is 1. The number of hydrazone groups is 1. The number of alkyl halides is 3. The first-order chi connectivity index (χ1) is 14.9. The van der Waals surface area contributed by atoms with E-state index in [0.717, 1.165) is 16.5 Å². The zero-order valence-electron chi connectivity index (χ0n) is 16.0. The molecular formula is C19H12Cl2F3N5O2S. The highest BCUT2D eigenvalue weighted by atomic mass is 35.5. The first-order valence-electron chi connectivity index (χ1n) is 8.60. The number of halogens is 5. The fourth-order valence-corrected chi connectivity index (χ4v) is 4.02. The molecule has 32 heavy (non-hydrogen) atoms. The second-order valence-electron chi connectivity index (χ2n) is 6.44. The number of rotatable bonds is 5. The molecule has 0 bridgehead atoms. The average Bonchev–Trinajstić information content (AvgIpc) is 3.09. The molecule has 0 aliphatic rings. The van der Waals surface area contributed by atoms with Crippen molar-refractivity contribution in [3.63, 3.8) is 0 Å². The van der Waals surface area contributed by atoms with E-state index < -0.39 is 21.8 Å². The van der Waals surface area contributed by atoms with Crippen molar-refractivity contribution in [3.05, 3.63) is 75.0 Å². The van der Waals surface area contributed by atoms with Gasteiger partial charge in [0.05, 0.1) is 32.3 Å². The summed E-state index contributed by atoms with van der Waals surface area (Å²) >= 11 is 11.9. The van der Waals surface area contributed by atoms with E-state index in [2.05, 4.69) is 10.2 Å². The lowest BCUT2D eigenvalue weighted by atomic mass is 10.2. The Hall–Kier alpha value is -3.07. The molecule has 0 fully saturated rings. The quantitative estimate of drug-likeness (QED) is 0.404. The third kappa shape index (κ3) is 5.04. The first-order valence-corrected chi connectivity index (χ1v) is 10.8. The van der Waals surface area contributed by atoms with Gasteiger partial charge in [0.25, 0.3) is 10.0 Å². The Balaban J connectivity index is 1.91. The van der Waals surface area contributed by atoms with Gasteiger partial charge >= 0.3 is 6.18 Å². The zero-order valence-corrected chi connectivity index (χ0v) is 18.4. The smallest absolute Gasteiger partial charge is 0.236 e. The summed E-state index contributed by atoms with van der Waals surface area (Å²) < 4.78 is 64.4. The summed E-state index contributed by atoms with van der Waals surface area (Å²) in [4.78, 5) is 1.99. The highest BCUT2D eigenvalue weighted by molar-refractivity contribution is 7.89. The molecule has 2 aromatic carbocycles. The van der Waals surface area contributed by atoms with Gasteiger partial charge in [-0.1, -0.05) is 40.9 Å². The van der Waals surface area contributed by atoms with Crippen LogP contribution in [0.3, 0.4) is 0 Å². The maximum Gasteiger partial charge on any atom is 0.416 e. The largest absolute Gasteiger partial charge is 0.416 e. The summed E-state index contributed by atoms with van der Waals surface area (Å²) in [6.07, 6.45) is -2.40. The lowest BCUT2D eigenvalue weighted by Gasteiger charge is -2.12. The van der Waals surface area contributed by atoms with Gasteiger partial charge in [0, 0.05) is 6.20 Å². The van der Waals surface area contributed by atoms with E-state index in [-0.39, 0.29) is 31.9 Å². The number of hydrogen-bond donors (Lipinski definition) is 1.